The van der Waals surface area contributed by atoms with E-state index in [4.69, 9.17) is 20.8 Å². The number of fused-ring (bicyclic) bond motifs is 1. The number of rotatable bonds is 0. The highest BCUT2D eigenvalue weighted by molar-refractivity contribution is 5.72. The Hall–Kier alpha value is -1.63. The highest BCUT2D eigenvalue weighted by Crippen LogP contribution is 2.23. The Labute approximate surface area is 61.5 Å². The lowest BCUT2D eigenvalue weighted by Gasteiger charge is -2.17. The molecule has 0 aromatic heterocycles. The van der Waals surface area contributed by atoms with E-state index in [1.807, 2.05) is 0 Å². The van der Waals surface area contributed by atoms with Crippen LogP contribution in [0.2, 0.25) is 0 Å². The fourth-order valence-electron chi connectivity index (χ4n) is 0.877. The summed E-state index contributed by atoms with van der Waals surface area (Å²) in [6.07, 6.45) is 0.343. The first kappa shape index (κ1) is 6.10. The zero-order valence-corrected chi connectivity index (χ0v) is 5.38. The number of hydrogen-bond acceptors (Lipinski definition) is 6. The molecule has 0 fully saturated rings. The van der Waals surface area contributed by atoms with Crippen LogP contribution in [-0.4, -0.2) is 32.6 Å². The van der Waals surface area contributed by atoms with Crippen molar-refractivity contribution in [1.29, 1.82) is 0 Å². The van der Waals surface area contributed by atoms with E-state index < -0.39 is 12.4 Å². The molecular weight excluding hydrogens is 152 g/mol. The molecule has 2 aliphatic rings. The normalized spacial score (nSPS) is 27.9. The summed E-state index contributed by atoms with van der Waals surface area (Å²) >= 11 is 0. The molecule has 0 saturated heterocycles. The molecule has 2 heterocycles. The molecule has 0 radical (unpaired) electrons. The molecule has 0 saturated carbocycles. The van der Waals surface area contributed by atoms with Crippen LogP contribution in [0.15, 0.2) is 17.2 Å². The van der Waals surface area contributed by atoms with Gasteiger partial charge in [0, 0.05) is 0 Å². The van der Waals surface area contributed by atoms with Crippen molar-refractivity contribution >= 4 is 6.02 Å². The van der Waals surface area contributed by atoms with Gasteiger partial charge in [0.05, 0.1) is 0 Å². The van der Waals surface area contributed by atoms with Crippen LogP contribution < -0.4 is 5.84 Å². The molecule has 7 nitrogen and oxygen atoms in total. The lowest BCUT2D eigenvalue weighted by Crippen LogP contribution is -2.45. The van der Waals surface area contributed by atoms with Crippen molar-refractivity contribution in [2.75, 3.05) is 0 Å². The molecule has 0 spiro atoms. The topological polar surface area (TPSA) is 94.5 Å². The van der Waals surface area contributed by atoms with Crippen molar-refractivity contribution in [2.24, 2.45) is 10.9 Å². The number of amidine groups is 1. The Balaban J connectivity index is 2.28. The summed E-state index contributed by atoms with van der Waals surface area (Å²) < 4.78 is 4.81. The summed E-state index contributed by atoms with van der Waals surface area (Å²) in [6.45, 7) is 0. The number of hydrogen-bond donors (Lipinski definition) is 3. The van der Waals surface area contributed by atoms with Crippen LogP contribution >= 0.6 is 0 Å². The molecule has 7 heteroatoms. The molecule has 11 heavy (non-hydrogen) atoms. The molecule has 1 unspecified atom stereocenters. The van der Waals surface area contributed by atoms with Crippen LogP contribution in [0.25, 0.3) is 0 Å². The van der Waals surface area contributed by atoms with Gasteiger partial charge < -0.3 is 14.9 Å². The number of aliphatic hydroxyl groups excluding tert-OH is 2. The van der Waals surface area contributed by atoms with E-state index in [0.717, 1.165) is 16.3 Å². The minimum Gasteiger partial charge on any atom is -0.491 e. The monoisotopic (exact) mass is 158 g/mol. The minimum atomic E-state index is -0.755. The fourth-order valence-corrected chi connectivity index (χ4v) is 0.877. The Kier molecular flexibility index (Phi) is 0.941. The second-order valence-corrected chi connectivity index (χ2v) is 2.09. The van der Waals surface area contributed by atoms with Crippen molar-refractivity contribution in [3.05, 3.63) is 12.1 Å². The number of nitrogens with zero attached hydrogens (tertiary/aromatic N) is 3. The van der Waals surface area contributed by atoms with Crippen LogP contribution in [0.4, 0.5) is 0 Å². The fraction of sp³-hybridized carbons (Fsp3) is 0.250. The van der Waals surface area contributed by atoms with E-state index in [9.17, 15) is 0 Å². The standard InChI is InChI=1S/C4H6N4O3/c5-7-3(10)6-8-2(9)1-11-4(7)8/h1,4,9H,5H2,(H,6,10). The maximum Gasteiger partial charge on any atom is 0.326 e. The molecule has 0 bridgehead atoms. The quantitative estimate of drug-likeness (QED) is 0.390. The van der Waals surface area contributed by atoms with Gasteiger partial charge in [0.1, 0.15) is 6.26 Å². The van der Waals surface area contributed by atoms with E-state index in [-0.39, 0.29) is 5.88 Å². The molecule has 2 rings (SSSR count). The van der Waals surface area contributed by atoms with Gasteiger partial charge in [0.15, 0.2) is 0 Å². The number of ether oxygens (including phenoxy) is 1. The van der Waals surface area contributed by atoms with Gasteiger partial charge in [-0.15, -0.1) is 5.10 Å². The SMILES string of the molecule is NN1C(O)=NN2C(O)=COC12. The Morgan fingerprint density at radius 2 is 2.36 bits per heavy atom. The molecule has 0 amide bonds. The van der Waals surface area contributed by atoms with Crippen LogP contribution in [-0.2, 0) is 4.74 Å². The summed E-state index contributed by atoms with van der Waals surface area (Å²) in [6, 6.07) is -0.394. The summed E-state index contributed by atoms with van der Waals surface area (Å²) in [5, 5.41) is 23.3. The third-order valence-electron chi connectivity index (χ3n) is 1.41. The highest BCUT2D eigenvalue weighted by atomic mass is 16.6. The van der Waals surface area contributed by atoms with Gasteiger partial charge in [-0.25, -0.2) is 10.9 Å². The molecule has 4 N–H and O–H groups in total. The van der Waals surface area contributed by atoms with Gasteiger partial charge in [-0.1, -0.05) is 0 Å². The highest BCUT2D eigenvalue weighted by Gasteiger charge is 2.39. The van der Waals surface area contributed by atoms with E-state index >= 15 is 0 Å². The third-order valence-corrected chi connectivity index (χ3v) is 1.41. The average Bonchev–Trinajstić information content (AvgIpc) is 2.43. The van der Waals surface area contributed by atoms with E-state index in [0.29, 0.717) is 0 Å². The number of aliphatic hydroxyl groups is 2. The predicted octanol–water partition coefficient (Wildman–Crippen LogP) is -1.02. The maximum atomic E-state index is 9.00. The van der Waals surface area contributed by atoms with Gasteiger partial charge in [-0.2, -0.15) is 5.01 Å². The second kappa shape index (κ2) is 1.70. The summed E-state index contributed by atoms with van der Waals surface area (Å²) in [5.41, 5.74) is 0. The molecule has 0 aromatic rings. The maximum absolute atomic E-state index is 9.00. The zero-order valence-electron chi connectivity index (χ0n) is 5.38. The third kappa shape index (κ3) is 0.622. The zero-order chi connectivity index (χ0) is 8.01. The Morgan fingerprint density at radius 3 is 3.00 bits per heavy atom. The smallest absolute Gasteiger partial charge is 0.326 e. The van der Waals surface area contributed by atoms with Crippen LogP contribution in [0.3, 0.4) is 0 Å². The molecule has 1 atom stereocenters. The van der Waals surface area contributed by atoms with Gasteiger partial charge in [-0.3, -0.25) is 0 Å². The number of hydrazine groups is 1. The van der Waals surface area contributed by atoms with E-state index in [2.05, 4.69) is 5.10 Å². The first-order valence-electron chi connectivity index (χ1n) is 2.85. The Bertz CT molecular complexity index is 250. The average molecular weight is 158 g/mol. The van der Waals surface area contributed by atoms with E-state index in [1.165, 1.54) is 0 Å². The van der Waals surface area contributed by atoms with Crippen molar-refractivity contribution in [2.45, 2.75) is 6.35 Å². The first-order valence-corrected chi connectivity index (χ1v) is 2.85. The Morgan fingerprint density at radius 1 is 1.64 bits per heavy atom. The van der Waals surface area contributed by atoms with Crippen molar-refractivity contribution < 1.29 is 14.9 Å². The molecule has 0 aromatic carbocycles. The summed E-state index contributed by atoms with van der Waals surface area (Å²) in [5.74, 6) is 5.08. The summed E-state index contributed by atoms with van der Waals surface area (Å²) in [4.78, 5) is 0. The summed E-state index contributed by atoms with van der Waals surface area (Å²) in [7, 11) is 0. The van der Waals surface area contributed by atoms with Gasteiger partial charge >= 0.3 is 6.02 Å². The molecule has 0 aliphatic carbocycles. The van der Waals surface area contributed by atoms with Crippen molar-refractivity contribution in [3.63, 3.8) is 0 Å². The lowest BCUT2D eigenvalue weighted by atomic mass is 10.8. The molecule has 2 aliphatic heterocycles. The van der Waals surface area contributed by atoms with Crippen molar-refractivity contribution in [3.8, 4) is 0 Å². The van der Waals surface area contributed by atoms with Gasteiger partial charge in [0.2, 0.25) is 5.88 Å². The molecule has 60 valence electrons. The predicted molar refractivity (Wildman–Crippen MR) is 33.5 cm³/mol. The lowest BCUT2D eigenvalue weighted by molar-refractivity contribution is -0.0341. The minimum absolute atomic E-state index is 0.186. The largest absolute Gasteiger partial charge is 0.491 e. The van der Waals surface area contributed by atoms with E-state index in [1.54, 1.807) is 0 Å². The van der Waals surface area contributed by atoms with Crippen molar-refractivity contribution in [1.82, 2.24) is 10.0 Å². The van der Waals surface area contributed by atoms with Gasteiger partial charge in [-0.05, 0) is 0 Å². The molecular formula is C4H6N4O3. The number of nitrogens with two attached hydrogens (primary N) is 1. The second-order valence-electron chi connectivity index (χ2n) is 2.09. The van der Waals surface area contributed by atoms with Crippen LogP contribution in [0.5, 0.6) is 0 Å². The van der Waals surface area contributed by atoms with Crippen LogP contribution in [0, 0.1) is 0 Å². The first-order chi connectivity index (χ1) is 5.20. The van der Waals surface area contributed by atoms with Crippen LogP contribution in [0.1, 0.15) is 0 Å². The van der Waals surface area contributed by atoms with Gasteiger partial charge in [0.25, 0.3) is 6.35 Å². The number of hydrazone groups is 1.